The predicted molar refractivity (Wildman–Crippen MR) is 81.4 cm³/mol. The van der Waals surface area contributed by atoms with Crippen LogP contribution in [0.4, 0.5) is 0 Å². The molecule has 0 aliphatic rings. The number of halogens is 1. The second kappa shape index (κ2) is 6.55. The number of rotatable bonds is 4. The lowest BCUT2D eigenvalue weighted by molar-refractivity contribution is -0.123. The fraction of sp³-hybridized carbons (Fsp3) is 0.188. The van der Waals surface area contributed by atoms with E-state index in [0.717, 1.165) is 11.1 Å². The quantitative estimate of drug-likeness (QED) is 0.907. The van der Waals surface area contributed by atoms with Crippen LogP contribution in [0.5, 0.6) is 0 Å². The lowest BCUT2D eigenvalue weighted by Crippen LogP contribution is -2.35. The van der Waals surface area contributed by atoms with Crippen molar-refractivity contribution in [3.8, 4) is 0 Å². The summed E-state index contributed by atoms with van der Waals surface area (Å²) >= 11 is 5.95. The highest BCUT2D eigenvalue weighted by Crippen LogP contribution is 2.18. The first-order chi connectivity index (χ1) is 9.58. The molecule has 0 bridgehead atoms. The first-order valence-corrected chi connectivity index (χ1v) is 6.82. The summed E-state index contributed by atoms with van der Waals surface area (Å²) in [5.74, 6) is -0.205. The zero-order chi connectivity index (χ0) is 14.5. The summed E-state index contributed by atoms with van der Waals surface area (Å²) in [6.45, 7) is 1.90. The molecule has 1 amide bonds. The van der Waals surface area contributed by atoms with E-state index in [2.05, 4.69) is 5.32 Å². The van der Waals surface area contributed by atoms with E-state index in [4.69, 9.17) is 17.3 Å². The van der Waals surface area contributed by atoms with Crippen molar-refractivity contribution in [2.24, 2.45) is 5.73 Å². The number of hydrogen-bond donors (Lipinski definition) is 2. The summed E-state index contributed by atoms with van der Waals surface area (Å²) in [7, 11) is 0. The normalized spacial score (nSPS) is 13.6. The Morgan fingerprint density at radius 2 is 1.75 bits per heavy atom. The van der Waals surface area contributed by atoms with E-state index in [1.54, 1.807) is 6.07 Å². The van der Waals surface area contributed by atoms with Gasteiger partial charge in [-0.1, -0.05) is 54.1 Å². The molecule has 0 fully saturated rings. The molecule has 2 rings (SSSR count). The van der Waals surface area contributed by atoms with Gasteiger partial charge >= 0.3 is 0 Å². The second-order valence-electron chi connectivity index (χ2n) is 4.67. The molecule has 0 aromatic heterocycles. The summed E-state index contributed by atoms with van der Waals surface area (Å²) < 4.78 is 0. The van der Waals surface area contributed by atoms with Gasteiger partial charge in [0.2, 0.25) is 5.91 Å². The summed E-state index contributed by atoms with van der Waals surface area (Å²) in [6, 6.07) is 15.9. The molecule has 4 heteroatoms. The van der Waals surface area contributed by atoms with E-state index in [1.165, 1.54) is 0 Å². The molecule has 0 radical (unpaired) electrons. The van der Waals surface area contributed by atoms with Crippen molar-refractivity contribution in [2.75, 3.05) is 0 Å². The zero-order valence-electron chi connectivity index (χ0n) is 11.2. The Morgan fingerprint density at radius 3 is 2.40 bits per heavy atom. The van der Waals surface area contributed by atoms with Crippen LogP contribution in [-0.2, 0) is 4.79 Å². The maximum atomic E-state index is 12.1. The van der Waals surface area contributed by atoms with Gasteiger partial charge in [-0.05, 0) is 30.2 Å². The molecule has 0 heterocycles. The molecule has 0 saturated carbocycles. The van der Waals surface area contributed by atoms with E-state index in [1.807, 2.05) is 55.5 Å². The molecular weight excluding hydrogens is 272 g/mol. The SMILES string of the molecule is CC(NC(=O)[C@H](N)c1ccccc1)c1cccc(Cl)c1. The summed E-state index contributed by atoms with van der Waals surface area (Å²) in [4.78, 5) is 12.1. The van der Waals surface area contributed by atoms with Crippen LogP contribution in [0.25, 0.3) is 0 Å². The Balaban J connectivity index is 2.04. The maximum absolute atomic E-state index is 12.1. The van der Waals surface area contributed by atoms with E-state index in [-0.39, 0.29) is 11.9 Å². The number of carbonyl (C=O) groups is 1. The monoisotopic (exact) mass is 288 g/mol. The molecule has 2 aromatic carbocycles. The van der Waals surface area contributed by atoms with Crippen LogP contribution in [0.15, 0.2) is 54.6 Å². The Bertz CT molecular complexity index is 586. The topological polar surface area (TPSA) is 55.1 Å². The number of amides is 1. The Kier molecular flexibility index (Phi) is 4.77. The molecule has 0 spiro atoms. The molecule has 20 heavy (non-hydrogen) atoms. The second-order valence-corrected chi connectivity index (χ2v) is 5.11. The van der Waals surface area contributed by atoms with E-state index in [0.29, 0.717) is 5.02 Å². The summed E-state index contributed by atoms with van der Waals surface area (Å²) in [5.41, 5.74) is 7.70. The fourth-order valence-corrected chi connectivity index (χ4v) is 2.17. The van der Waals surface area contributed by atoms with Gasteiger partial charge in [0.1, 0.15) is 6.04 Å². The largest absolute Gasteiger partial charge is 0.348 e. The van der Waals surface area contributed by atoms with E-state index < -0.39 is 6.04 Å². The Morgan fingerprint density at radius 1 is 1.10 bits per heavy atom. The third-order valence-corrected chi connectivity index (χ3v) is 3.38. The molecule has 104 valence electrons. The van der Waals surface area contributed by atoms with Crippen LogP contribution < -0.4 is 11.1 Å². The van der Waals surface area contributed by atoms with E-state index >= 15 is 0 Å². The van der Waals surface area contributed by atoms with Gasteiger partial charge in [-0.25, -0.2) is 0 Å². The third-order valence-electron chi connectivity index (χ3n) is 3.15. The van der Waals surface area contributed by atoms with Gasteiger partial charge in [-0.15, -0.1) is 0 Å². The smallest absolute Gasteiger partial charge is 0.241 e. The molecule has 1 unspecified atom stereocenters. The molecule has 0 saturated heterocycles. The fourth-order valence-electron chi connectivity index (χ4n) is 1.97. The van der Waals surface area contributed by atoms with Crippen molar-refractivity contribution < 1.29 is 4.79 Å². The molecule has 2 atom stereocenters. The molecular formula is C16H17ClN2O. The lowest BCUT2D eigenvalue weighted by atomic mass is 10.1. The molecule has 3 N–H and O–H groups in total. The minimum absolute atomic E-state index is 0.143. The van der Waals surface area contributed by atoms with Crippen LogP contribution in [0.1, 0.15) is 30.1 Å². The molecule has 0 aliphatic carbocycles. The highest BCUT2D eigenvalue weighted by Gasteiger charge is 2.18. The van der Waals surface area contributed by atoms with Crippen molar-refractivity contribution in [3.05, 3.63) is 70.7 Å². The first-order valence-electron chi connectivity index (χ1n) is 6.44. The van der Waals surface area contributed by atoms with Gasteiger partial charge in [-0.3, -0.25) is 4.79 Å². The number of hydrogen-bond acceptors (Lipinski definition) is 2. The Labute approximate surface area is 123 Å². The number of nitrogens with one attached hydrogen (secondary N) is 1. The van der Waals surface area contributed by atoms with Gasteiger partial charge in [0.15, 0.2) is 0 Å². The van der Waals surface area contributed by atoms with Gasteiger partial charge < -0.3 is 11.1 Å². The van der Waals surface area contributed by atoms with Crippen LogP contribution in [0, 0.1) is 0 Å². The Hall–Kier alpha value is -1.84. The van der Waals surface area contributed by atoms with Gasteiger partial charge in [0.05, 0.1) is 6.04 Å². The number of benzene rings is 2. The van der Waals surface area contributed by atoms with Gasteiger partial charge in [0.25, 0.3) is 0 Å². The standard InChI is InChI=1S/C16H17ClN2O/c1-11(13-8-5-9-14(17)10-13)19-16(20)15(18)12-6-3-2-4-7-12/h2-11,15H,18H2,1H3,(H,19,20)/t11?,15-/m1/s1. The predicted octanol–water partition coefficient (Wildman–Crippen LogP) is 3.22. The number of carbonyl (C=O) groups excluding carboxylic acids is 1. The van der Waals surface area contributed by atoms with Crippen molar-refractivity contribution in [3.63, 3.8) is 0 Å². The molecule has 0 aliphatic heterocycles. The minimum atomic E-state index is -0.669. The van der Waals surface area contributed by atoms with Gasteiger partial charge in [0, 0.05) is 5.02 Å². The first kappa shape index (κ1) is 14.6. The van der Waals surface area contributed by atoms with Gasteiger partial charge in [-0.2, -0.15) is 0 Å². The lowest BCUT2D eigenvalue weighted by Gasteiger charge is -2.18. The van der Waals surface area contributed by atoms with Crippen molar-refractivity contribution in [1.82, 2.24) is 5.32 Å². The molecule has 3 nitrogen and oxygen atoms in total. The number of nitrogens with two attached hydrogens (primary N) is 1. The highest BCUT2D eigenvalue weighted by atomic mass is 35.5. The van der Waals surface area contributed by atoms with E-state index in [9.17, 15) is 4.79 Å². The third kappa shape index (κ3) is 3.59. The maximum Gasteiger partial charge on any atom is 0.241 e. The summed E-state index contributed by atoms with van der Waals surface area (Å²) in [6.07, 6.45) is 0. The average molecular weight is 289 g/mol. The minimum Gasteiger partial charge on any atom is -0.348 e. The van der Waals surface area contributed by atoms with Crippen LogP contribution in [0.3, 0.4) is 0 Å². The summed E-state index contributed by atoms with van der Waals surface area (Å²) in [5, 5.41) is 3.55. The highest BCUT2D eigenvalue weighted by molar-refractivity contribution is 6.30. The van der Waals surface area contributed by atoms with Crippen molar-refractivity contribution in [2.45, 2.75) is 19.0 Å². The van der Waals surface area contributed by atoms with Crippen molar-refractivity contribution in [1.29, 1.82) is 0 Å². The van der Waals surface area contributed by atoms with Crippen LogP contribution >= 0.6 is 11.6 Å². The van der Waals surface area contributed by atoms with Crippen LogP contribution in [0.2, 0.25) is 5.02 Å². The van der Waals surface area contributed by atoms with Crippen LogP contribution in [-0.4, -0.2) is 5.91 Å². The molecule has 2 aromatic rings. The zero-order valence-corrected chi connectivity index (χ0v) is 12.0. The average Bonchev–Trinajstić information content (AvgIpc) is 2.47. The van der Waals surface area contributed by atoms with Crippen molar-refractivity contribution >= 4 is 17.5 Å².